The predicted octanol–water partition coefficient (Wildman–Crippen LogP) is 0.0780. The van der Waals surface area contributed by atoms with Crippen LogP contribution in [0.3, 0.4) is 0 Å². The average molecular weight is 305 g/mol. The first-order valence-corrected chi connectivity index (χ1v) is 7.03. The molecule has 0 aromatic heterocycles. The van der Waals surface area contributed by atoms with Crippen LogP contribution in [-0.4, -0.2) is 43.3 Å². The molecule has 1 atom stereocenters. The van der Waals surface area contributed by atoms with E-state index in [0.717, 1.165) is 0 Å². The Hall–Kier alpha value is -2.41. The van der Waals surface area contributed by atoms with Crippen LogP contribution < -0.4 is 20.7 Å². The monoisotopic (exact) mass is 305 g/mol. The van der Waals surface area contributed by atoms with E-state index in [2.05, 4.69) is 5.32 Å². The van der Waals surface area contributed by atoms with Crippen LogP contribution in [0.1, 0.15) is 24.2 Å². The third kappa shape index (κ3) is 3.09. The van der Waals surface area contributed by atoms with Gasteiger partial charge < -0.3 is 15.8 Å². The third-order valence-corrected chi connectivity index (χ3v) is 3.46. The van der Waals surface area contributed by atoms with Gasteiger partial charge in [-0.3, -0.25) is 19.3 Å². The van der Waals surface area contributed by atoms with E-state index >= 15 is 0 Å². The van der Waals surface area contributed by atoms with Crippen LogP contribution in [0.25, 0.3) is 0 Å². The molecule has 0 fully saturated rings. The molecule has 7 heteroatoms. The molecule has 0 bridgehead atoms. The minimum Gasteiger partial charge on any atom is -0.482 e. The molecule has 2 amide bonds. The summed E-state index contributed by atoms with van der Waals surface area (Å²) >= 11 is 0. The largest absolute Gasteiger partial charge is 0.482 e. The van der Waals surface area contributed by atoms with Gasteiger partial charge in [0, 0.05) is 18.7 Å². The molecule has 7 nitrogen and oxygen atoms in total. The lowest BCUT2D eigenvalue weighted by Crippen LogP contribution is -2.52. The standard InChI is InChI=1S/C15H19N3O4/c1-9(15(21)17-6-5-16)18-12-7-11(10(2)19)3-4-13(12)22-8-14(18)20/h3-4,7,9H,5-6,8,16H2,1-2H3,(H,17,21). The lowest BCUT2D eigenvalue weighted by Gasteiger charge is -2.33. The number of benzene rings is 1. The quantitative estimate of drug-likeness (QED) is 0.750. The Morgan fingerprint density at radius 2 is 2.18 bits per heavy atom. The summed E-state index contributed by atoms with van der Waals surface area (Å²) in [4.78, 5) is 37.2. The minimum absolute atomic E-state index is 0.124. The molecule has 0 radical (unpaired) electrons. The van der Waals surface area contributed by atoms with Crippen molar-refractivity contribution in [2.45, 2.75) is 19.9 Å². The molecule has 0 spiro atoms. The maximum atomic E-state index is 12.2. The number of fused-ring (bicyclic) bond motifs is 1. The SMILES string of the molecule is CC(=O)c1ccc2c(c1)N(C(C)C(=O)NCCN)C(=O)CO2. The van der Waals surface area contributed by atoms with Gasteiger partial charge >= 0.3 is 0 Å². The normalized spacial score (nSPS) is 14.9. The van der Waals surface area contributed by atoms with Crippen molar-refractivity contribution in [3.8, 4) is 5.75 Å². The summed E-state index contributed by atoms with van der Waals surface area (Å²) in [6, 6.07) is 4.12. The van der Waals surface area contributed by atoms with Crippen LogP contribution in [0.2, 0.25) is 0 Å². The van der Waals surface area contributed by atoms with Crippen molar-refractivity contribution in [1.29, 1.82) is 0 Å². The number of amides is 2. The smallest absolute Gasteiger partial charge is 0.265 e. The Balaban J connectivity index is 2.35. The Morgan fingerprint density at radius 3 is 2.82 bits per heavy atom. The summed E-state index contributed by atoms with van der Waals surface area (Å²) in [5.74, 6) is -0.285. The molecule has 22 heavy (non-hydrogen) atoms. The number of rotatable bonds is 5. The van der Waals surface area contributed by atoms with Gasteiger partial charge in [-0.25, -0.2) is 0 Å². The van der Waals surface area contributed by atoms with E-state index in [0.29, 0.717) is 30.1 Å². The second kappa shape index (κ2) is 6.57. The fraction of sp³-hybridized carbons (Fsp3) is 0.400. The van der Waals surface area contributed by atoms with E-state index in [-0.39, 0.29) is 24.2 Å². The van der Waals surface area contributed by atoms with Gasteiger partial charge in [-0.2, -0.15) is 0 Å². The minimum atomic E-state index is -0.719. The van der Waals surface area contributed by atoms with Crippen molar-refractivity contribution in [2.24, 2.45) is 5.73 Å². The molecule has 2 rings (SSSR count). The first-order chi connectivity index (χ1) is 10.5. The average Bonchev–Trinajstić information content (AvgIpc) is 2.51. The van der Waals surface area contributed by atoms with E-state index in [4.69, 9.17) is 10.5 Å². The van der Waals surface area contributed by atoms with Gasteiger partial charge in [-0.15, -0.1) is 0 Å². The maximum absolute atomic E-state index is 12.2. The Labute approximate surface area is 128 Å². The molecule has 0 aliphatic carbocycles. The number of ketones is 1. The van der Waals surface area contributed by atoms with Crippen LogP contribution in [0.15, 0.2) is 18.2 Å². The fourth-order valence-corrected chi connectivity index (χ4v) is 2.28. The van der Waals surface area contributed by atoms with Crippen molar-refractivity contribution in [3.05, 3.63) is 23.8 Å². The molecule has 1 aliphatic heterocycles. The van der Waals surface area contributed by atoms with Crippen molar-refractivity contribution in [2.75, 3.05) is 24.6 Å². The summed E-state index contributed by atoms with van der Waals surface area (Å²) in [5.41, 5.74) is 6.24. The highest BCUT2D eigenvalue weighted by atomic mass is 16.5. The Kier molecular flexibility index (Phi) is 4.77. The van der Waals surface area contributed by atoms with Crippen molar-refractivity contribution in [3.63, 3.8) is 0 Å². The van der Waals surface area contributed by atoms with Gasteiger partial charge in [0.25, 0.3) is 5.91 Å². The number of hydrogen-bond donors (Lipinski definition) is 2. The van der Waals surface area contributed by atoms with Gasteiger partial charge in [0.1, 0.15) is 11.8 Å². The number of Topliss-reactive ketones (excluding diaryl/α,β-unsaturated/α-hetero) is 1. The highest BCUT2D eigenvalue weighted by Gasteiger charge is 2.33. The number of hydrogen-bond acceptors (Lipinski definition) is 5. The molecular weight excluding hydrogens is 286 g/mol. The lowest BCUT2D eigenvalue weighted by atomic mass is 10.1. The second-order valence-corrected chi connectivity index (χ2v) is 5.05. The number of carbonyl (C=O) groups is 3. The first kappa shape index (κ1) is 16.0. The molecule has 1 aliphatic rings. The van der Waals surface area contributed by atoms with Gasteiger partial charge in [-0.1, -0.05) is 0 Å². The highest BCUT2D eigenvalue weighted by molar-refractivity contribution is 6.05. The maximum Gasteiger partial charge on any atom is 0.265 e. The van der Waals surface area contributed by atoms with Crippen LogP contribution in [0.4, 0.5) is 5.69 Å². The number of ether oxygens (including phenoxy) is 1. The molecule has 0 saturated carbocycles. The molecule has 1 heterocycles. The van der Waals surface area contributed by atoms with E-state index in [1.54, 1.807) is 25.1 Å². The number of nitrogens with zero attached hydrogens (tertiary/aromatic N) is 1. The van der Waals surface area contributed by atoms with Crippen molar-refractivity contribution in [1.82, 2.24) is 5.32 Å². The van der Waals surface area contributed by atoms with Crippen LogP contribution in [0, 0.1) is 0 Å². The number of anilines is 1. The summed E-state index contributed by atoms with van der Waals surface area (Å²) in [7, 11) is 0. The van der Waals surface area contributed by atoms with Crippen LogP contribution in [-0.2, 0) is 9.59 Å². The zero-order valence-corrected chi connectivity index (χ0v) is 12.6. The van der Waals surface area contributed by atoms with Gasteiger partial charge in [-0.05, 0) is 32.0 Å². The van der Waals surface area contributed by atoms with Crippen molar-refractivity contribution >= 4 is 23.3 Å². The van der Waals surface area contributed by atoms with E-state index in [1.807, 2.05) is 0 Å². The van der Waals surface area contributed by atoms with E-state index < -0.39 is 6.04 Å². The third-order valence-electron chi connectivity index (χ3n) is 3.46. The lowest BCUT2D eigenvalue weighted by molar-refractivity contribution is -0.127. The molecule has 0 saturated heterocycles. The summed E-state index contributed by atoms with van der Waals surface area (Å²) in [5, 5.41) is 2.65. The molecular formula is C15H19N3O4. The molecule has 1 aromatic carbocycles. The molecule has 3 N–H and O–H groups in total. The van der Waals surface area contributed by atoms with E-state index in [1.165, 1.54) is 11.8 Å². The number of carbonyl (C=O) groups excluding carboxylic acids is 3. The Morgan fingerprint density at radius 1 is 1.45 bits per heavy atom. The van der Waals surface area contributed by atoms with E-state index in [9.17, 15) is 14.4 Å². The molecule has 1 aromatic rings. The predicted molar refractivity (Wildman–Crippen MR) is 81.0 cm³/mol. The summed E-state index contributed by atoms with van der Waals surface area (Å²) in [6.07, 6.45) is 0. The zero-order chi connectivity index (χ0) is 16.3. The second-order valence-electron chi connectivity index (χ2n) is 5.05. The fourth-order valence-electron chi connectivity index (χ4n) is 2.28. The van der Waals surface area contributed by atoms with Crippen LogP contribution >= 0.6 is 0 Å². The highest BCUT2D eigenvalue weighted by Crippen LogP contribution is 2.34. The first-order valence-electron chi connectivity index (χ1n) is 7.03. The van der Waals surface area contributed by atoms with Crippen LogP contribution in [0.5, 0.6) is 5.75 Å². The van der Waals surface area contributed by atoms with Gasteiger partial charge in [0.05, 0.1) is 5.69 Å². The number of nitrogens with two attached hydrogens (primary N) is 1. The zero-order valence-electron chi connectivity index (χ0n) is 12.6. The van der Waals surface area contributed by atoms with Crippen molar-refractivity contribution < 1.29 is 19.1 Å². The summed E-state index contributed by atoms with van der Waals surface area (Å²) < 4.78 is 5.36. The van der Waals surface area contributed by atoms with Gasteiger partial charge in [0.15, 0.2) is 12.4 Å². The Bertz CT molecular complexity index is 615. The topological polar surface area (TPSA) is 102 Å². The summed E-state index contributed by atoms with van der Waals surface area (Å²) in [6.45, 7) is 3.58. The van der Waals surface area contributed by atoms with Gasteiger partial charge in [0.2, 0.25) is 5.91 Å². The molecule has 118 valence electrons. The molecule has 1 unspecified atom stereocenters. The number of nitrogens with one attached hydrogen (secondary N) is 1.